The van der Waals surface area contributed by atoms with Crippen molar-refractivity contribution in [2.75, 3.05) is 6.61 Å². The summed E-state index contributed by atoms with van der Waals surface area (Å²) in [5.41, 5.74) is 0.0799. The highest BCUT2D eigenvalue weighted by Crippen LogP contribution is 2.51. The van der Waals surface area contributed by atoms with Crippen LogP contribution >= 0.6 is 11.6 Å². The molecule has 0 aromatic carbocycles. The minimum absolute atomic E-state index is 0.0894. The number of hydrogen-bond acceptors (Lipinski definition) is 7. The lowest BCUT2D eigenvalue weighted by Crippen LogP contribution is -2.31. The predicted octanol–water partition coefficient (Wildman–Crippen LogP) is 3.04. The first-order valence-corrected chi connectivity index (χ1v) is 11.8. The van der Waals surface area contributed by atoms with Crippen LogP contribution in [0.1, 0.15) is 28.9 Å². The van der Waals surface area contributed by atoms with Gasteiger partial charge >= 0.3 is 6.18 Å². The van der Waals surface area contributed by atoms with Gasteiger partial charge in [-0.2, -0.15) is 18.3 Å². The Kier molecular flexibility index (Phi) is 6.29. The van der Waals surface area contributed by atoms with Gasteiger partial charge in [0.15, 0.2) is 5.82 Å². The number of aromatic nitrogens is 5. The van der Waals surface area contributed by atoms with Gasteiger partial charge in [0.05, 0.1) is 30.0 Å². The maximum Gasteiger partial charge on any atom is 0.392 e. The number of rotatable bonds is 8. The molecule has 4 rings (SSSR count). The zero-order valence-corrected chi connectivity index (χ0v) is 19.1. The number of halogens is 4. The third-order valence-corrected chi connectivity index (χ3v) is 6.99. The van der Waals surface area contributed by atoms with Crippen molar-refractivity contribution in [1.29, 1.82) is 0 Å². The third-order valence-electron chi connectivity index (χ3n) is 5.26. The zero-order chi connectivity index (χ0) is 24.7. The molecule has 1 aliphatic carbocycles. The van der Waals surface area contributed by atoms with Crippen LogP contribution in [0.3, 0.4) is 0 Å². The second kappa shape index (κ2) is 8.91. The number of amides is 1. The molecule has 0 radical (unpaired) electrons. The lowest BCUT2D eigenvalue weighted by atomic mass is 10.2. The summed E-state index contributed by atoms with van der Waals surface area (Å²) >= 11 is 6.09. The minimum Gasteiger partial charge on any atom is -0.477 e. The van der Waals surface area contributed by atoms with Crippen LogP contribution in [0.2, 0.25) is 5.15 Å². The van der Waals surface area contributed by atoms with Crippen LogP contribution in [0.15, 0.2) is 35.5 Å². The number of H-pyrrole nitrogens is 1. The van der Waals surface area contributed by atoms with Crippen LogP contribution in [0.25, 0.3) is 5.82 Å². The van der Waals surface area contributed by atoms with Crippen molar-refractivity contribution in [3.8, 4) is 11.7 Å². The molecule has 3 heterocycles. The fraction of sp³-hybridized carbons (Fsp3) is 0.368. The van der Waals surface area contributed by atoms with E-state index in [9.17, 15) is 26.4 Å². The highest BCUT2D eigenvalue weighted by Gasteiger charge is 2.55. The largest absolute Gasteiger partial charge is 0.477 e. The molecule has 1 amide bonds. The van der Waals surface area contributed by atoms with Gasteiger partial charge in [0.25, 0.3) is 15.9 Å². The second-order valence-corrected chi connectivity index (χ2v) is 9.69. The minimum atomic E-state index is -4.17. The van der Waals surface area contributed by atoms with Crippen molar-refractivity contribution in [3.05, 3.63) is 47.0 Å². The van der Waals surface area contributed by atoms with Crippen molar-refractivity contribution in [1.82, 2.24) is 29.7 Å². The average molecular weight is 519 g/mol. The van der Waals surface area contributed by atoms with E-state index in [-0.39, 0.29) is 52.5 Å². The number of alkyl halides is 3. The molecule has 15 heteroatoms. The summed E-state index contributed by atoms with van der Waals surface area (Å²) in [4.78, 5) is 16.3. The fourth-order valence-corrected chi connectivity index (χ4v) is 4.70. The van der Waals surface area contributed by atoms with E-state index in [0.29, 0.717) is 0 Å². The Bertz CT molecular complexity index is 1320. The SMILES string of the molecule is Cc1[nH]ncc1S(=O)(=O)NC(=O)c1ccc(-n2ccc(OCCC3CC3C(F)(F)F)n2)nc1Cl. The van der Waals surface area contributed by atoms with Crippen molar-refractivity contribution in [2.45, 2.75) is 30.8 Å². The van der Waals surface area contributed by atoms with E-state index in [4.69, 9.17) is 16.3 Å². The van der Waals surface area contributed by atoms with E-state index >= 15 is 0 Å². The highest BCUT2D eigenvalue weighted by atomic mass is 35.5. The second-order valence-electron chi connectivity index (χ2n) is 7.68. The van der Waals surface area contributed by atoms with Crippen LogP contribution in [-0.2, 0) is 10.0 Å². The fourth-order valence-electron chi connectivity index (χ4n) is 3.36. The standard InChI is InChI=1S/C19H18ClF3N6O4S/c1-10-14(9-24-26-10)34(31,32)28-18(30)12-2-3-15(25-17(12)20)29-6-4-16(27-29)33-7-5-11-8-13(11)19(21,22)23/h2-4,6,9,11,13H,5,7-8H2,1H3,(H,24,26)(H,28,30). The van der Waals surface area contributed by atoms with Crippen molar-refractivity contribution >= 4 is 27.5 Å². The topological polar surface area (TPSA) is 132 Å². The molecule has 34 heavy (non-hydrogen) atoms. The summed E-state index contributed by atoms with van der Waals surface area (Å²) in [5, 5.41) is 9.95. The molecule has 2 unspecified atom stereocenters. The van der Waals surface area contributed by atoms with Gasteiger partial charge in [-0.3, -0.25) is 9.89 Å². The molecule has 1 aliphatic rings. The van der Waals surface area contributed by atoms with E-state index in [0.717, 1.165) is 6.20 Å². The van der Waals surface area contributed by atoms with Crippen LogP contribution in [-0.4, -0.2) is 52.1 Å². The number of ether oxygens (including phenoxy) is 1. The van der Waals surface area contributed by atoms with Crippen LogP contribution in [0, 0.1) is 18.8 Å². The van der Waals surface area contributed by atoms with Gasteiger partial charge in [0.2, 0.25) is 5.88 Å². The first-order valence-electron chi connectivity index (χ1n) is 9.95. The van der Waals surface area contributed by atoms with Crippen molar-refractivity contribution in [2.24, 2.45) is 11.8 Å². The average Bonchev–Trinajstić information content (AvgIpc) is 3.16. The molecule has 3 aromatic rings. The Morgan fingerprint density at radius 3 is 2.74 bits per heavy atom. The maximum atomic E-state index is 12.6. The molecule has 1 fully saturated rings. The van der Waals surface area contributed by atoms with E-state index < -0.39 is 33.9 Å². The van der Waals surface area contributed by atoms with Gasteiger partial charge in [-0.15, -0.1) is 5.10 Å². The van der Waals surface area contributed by atoms with Gasteiger partial charge in [-0.1, -0.05) is 11.6 Å². The van der Waals surface area contributed by atoms with Crippen LogP contribution < -0.4 is 9.46 Å². The van der Waals surface area contributed by atoms with Gasteiger partial charge in [-0.25, -0.2) is 22.8 Å². The van der Waals surface area contributed by atoms with E-state index in [1.54, 1.807) is 0 Å². The summed E-state index contributed by atoms with van der Waals surface area (Å²) in [6.45, 7) is 1.58. The monoisotopic (exact) mass is 518 g/mol. The Morgan fingerprint density at radius 2 is 2.12 bits per heavy atom. The molecule has 3 aromatic heterocycles. The van der Waals surface area contributed by atoms with Crippen LogP contribution in [0.5, 0.6) is 5.88 Å². The molecule has 2 N–H and O–H groups in total. The number of carbonyl (C=O) groups excluding carboxylic acids is 1. The van der Waals surface area contributed by atoms with Crippen LogP contribution in [0.4, 0.5) is 13.2 Å². The molecule has 0 bridgehead atoms. The summed E-state index contributed by atoms with van der Waals surface area (Å²) < 4.78 is 71.0. The Labute approximate surface area is 196 Å². The zero-order valence-electron chi connectivity index (χ0n) is 17.5. The summed E-state index contributed by atoms with van der Waals surface area (Å²) in [5.74, 6) is -2.27. The van der Waals surface area contributed by atoms with E-state index in [1.807, 2.05) is 4.72 Å². The van der Waals surface area contributed by atoms with Crippen molar-refractivity contribution in [3.63, 3.8) is 0 Å². The van der Waals surface area contributed by atoms with Gasteiger partial charge < -0.3 is 4.74 Å². The number of nitrogens with one attached hydrogen (secondary N) is 2. The Morgan fingerprint density at radius 1 is 1.35 bits per heavy atom. The molecule has 0 aliphatic heterocycles. The van der Waals surface area contributed by atoms with Gasteiger partial charge in [0.1, 0.15) is 10.0 Å². The number of aryl methyl sites for hydroxylation is 1. The number of hydrogen-bond donors (Lipinski definition) is 2. The molecule has 1 saturated carbocycles. The molecule has 2 atom stereocenters. The number of pyridine rings is 1. The quantitative estimate of drug-likeness (QED) is 0.438. The number of sulfonamides is 1. The number of aromatic amines is 1. The van der Waals surface area contributed by atoms with Gasteiger partial charge in [0, 0.05) is 12.3 Å². The summed E-state index contributed by atoms with van der Waals surface area (Å²) in [6, 6.07) is 4.18. The van der Waals surface area contributed by atoms with E-state index in [2.05, 4.69) is 20.3 Å². The summed E-state index contributed by atoms with van der Waals surface area (Å²) in [7, 11) is -4.17. The first-order chi connectivity index (χ1) is 16.0. The van der Waals surface area contributed by atoms with E-state index in [1.165, 1.54) is 36.0 Å². The molecule has 10 nitrogen and oxygen atoms in total. The Balaban J connectivity index is 1.37. The Hall–Kier alpha value is -3.13. The smallest absolute Gasteiger partial charge is 0.392 e. The van der Waals surface area contributed by atoms with Gasteiger partial charge in [-0.05, 0) is 37.8 Å². The lowest BCUT2D eigenvalue weighted by molar-refractivity contribution is -0.151. The molecule has 182 valence electrons. The molecule has 0 saturated heterocycles. The number of carbonyl (C=O) groups is 1. The van der Waals surface area contributed by atoms with Crippen molar-refractivity contribution < 1.29 is 31.1 Å². The highest BCUT2D eigenvalue weighted by molar-refractivity contribution is 7.90. The molecule has 0 spiro atoms. The number of nitrogens with zero attached hydrogens (tertiary/aromatic N) is 4. The molecular formula is C19H18ClF3N6O4S. The normalized spacial score (nSPS) is 18.0. The predicted molar refractivity (Wildman–Crippen MR) is 112 cm³/mol. The maximum absolute atomic E-state index is 12.6. The third kappa shape index (κ3) is 5.17. The summed E-state index contributed by atoms with van der Waals surface area (Å²) in [6.07, 6.45) is -1.21. The molecular weight excluding hydrogens is 501 g/mol. The lowest BCUT2D eigenvalue weighted by Gasteiger charge is -2.08. The first kappa shape index (κ1) is 24.0.